The number of aromatic nitrogens is 3. The summed E-state index contributed by atoms with van der Waals surface area (Å²) < 4.78 is 5.47. The molecule has 0 amide bonds. The van der Waals surface area contributed by atoms with Gasteiger partial charge in [-0.2, -0.15) is 0 Å². The first-order valence-corrected chi connectivity index (χ1v) is 3.79. The number of carboxylic acids is 1. The van der Waals surface area contributed by atoms with Gasteiger partial charge in [-0.1, -0.05) is 5.21 Å². The van der Waals surface area contributed by atoms with Gasteiger partial charge in [-0.3, -0.25) is 0 Å². The molecule has 0 spiro atoms. The molecule has 0 aliphatic carbocycles. The third kappa shape index (κ3) is 1.87. The van der Waals surface area contributed by atoms with E-state index >= 15 is 0 Å². The summed E-state index contributed by atoms with van der Waals surface area (Å²) in [4.78, 5) is 21.5. The second-order valence-corrected chi connectivity index (χ2v) is 2.59. The summed E-state index contributed by atoms with van der Waals surface area (Å²) in [6.45, 7) is 1.43. The zero-order valence-corrected chi connectivity index (χ0v) is 7.67. The largest absolute Gasteiger partial charge is 0.480 e. The molecule has 0 saturated heterocycles. The Morgan fingerprint density at radius 3 is 2.79 bits per heavy atom. The van der Waals surface area contributed by atoms with Crippen LogP contribution in [0.15, 0.2) is 6.20 Å². The Morgan fingerprint density at radius 2 is 2.29 bits per heavy atom. The Hall–Kier alpha value is -1.92. The van der Waals surface area contributed by atoms with Crippen molar-refractivity contribution in [2.75, 3.05) is 7.11 Å². The minimum atomic E-state index is -1.05. The van der Waals surface area contributed by atoms with Crippen molar-refractivity contribution in [3.8, 4) is 0 Å². The first kappa shape index (κ1) is 10.2. The van der Waals surface area contributed by atoms with Gasteiger partial charge in [-0.15, -0.1) is 5.10 Å². The minimum absolute atomic E-state index is 0.0133. The zero-order valence-electron chi connectivity index (χ0n) is 7.67. The molecule has 14 heavy (non-hydrogen) atoms. The van der Waals surface area contributed by atoms with Crippen LogP contribution in [0.1, 0.15) is 23.5 Å². The Labute approximate surface area is 79.3 Å². The van der Waals surface area contributed by atoms with Crippen molar-refractivity contribution in [1.82, 2.24) is 15.0 Å². The van der Waals surface area contributed by atoms with Crippen LogP contribution in [0.5, 0.6) is 0 Å². The second-order valence-electron chi connectivity index (χ2n) is 2.59. The molecule has 1 aromatic heterocycles. The van der Waals surface area contributed by atoms with Crippen LogP contribution in [0.25, 0.3) is 0 Å². The van der Waals surface area contributed by atoms with Gasteiger partial charge in [0.2, 0.25) is 0 Å². The molecule has 7 heteroatoms. The second kappa shape index (κ2) is 3.86. The van der Waals surface area contributed by atoms with Crippen LogP contribution in [0.4, 0.5) is 0 Å². The lowest BCUT2D eigenvalue weighted by Crippen LogP contribution is -2.16. The number of esters is 1. The molecule has 0 saturated carbocycles. The highest BCUT2D eigenvalue weighted by Gasteiger charge is 2.17. The van der Waals surface area contributed by atoms with Crippen LogP contribution in [-0.2, 0) is 9.53 Å². The van der Waals surface area contributed by atoms with E-state index in [2.05, 4.69) is 15.0 Å². The Kier molecular flexibility index (Phi) is 2.80. The molecule has 1 atom stereocenters. The highest BCUT2D eigenvalue weighted by molar-refractivity contribution is 5.86. The number of hydrogen-bond acceptors (Lipinski definition) is 5. The summed E-state index contributed by atoms with van der Waals surface area (Å²) in [5.41, 5.74) is -0.0133. The van der Waals surface area contributed by atoms with E-state index in [0.29, 0.717) is 0 Å². The number of rotatable bonds is 3. The first-order valence-electron chi connectivity index (χ1n) is 3.79. The molecule has 0 unspecified atom stereocenters. The van der Waals surface area contributed by atoms with Crippen molar-refractivity contribution in [2.45, 2.75) is 13.0 Å². The smallest absolute Gasteiger partial charge is 0.360 e. The van der Waals surface area contributed by atoms with Crippen LogP contribution in [0, 0.1) is 0 Å². The van der Waals surface area contributed by atoms with Gasteiger partial charge >= 0.3 is 11.9 Å². The molecular formula is C7H9N3O4. The molecular weight excluding hydrogens is 190 g/mol. The molecule has 0 radical (unpaired) electrons. The van der Waals surface area contributed by atoms with Gasteiger partial charge in [0.15, 0.2) is 5.69 Å². The summed E-state index contributed by atoms with van der Waals surface area (Å²) in [5.74, 6) is -1.69. The van der Waals surface area contributed by atoms with Crippen LogP contribution >= 0.6 is 0 Å². The summed E-state index contributed by atoms with van der Waals surface area (Å²) in [6, 6.07) is -0.860. The molecule has 76 valence electrons. The standard InChI is InChI=1S/C7H9N3O4/c1-4(6(11)12)10-3-5(8-9-10)7(13)14-2/h3-4H,1-2H3,(H,11,12)/t4-/m0/s1. The number of hydrogen-bond donors (Lipinski definition) is 1. The topological polar surface area (TPSA) is 94.3 Å². The van der Waals surface area contributed by atoms with Crippen LogP contribution in [0.3, 0.4) is 0 Å². The number of carboxylic acid groups (broad SMARTS) is 1. The fraction of sp³-hybridized carbons (Fsp3) is 0.429. The maximum Gasteiger partial charge on any atom is 0.360 e. The molecule has 1 N–H and O–H groups in total. The van der Waals surface area contributed by atoms with E-state index in [0.717, 1.165) is 4.68 Å². The van der Waals surface area contributed by atoms with E-state index in [-0.39, 0.29) is 5.69 Å². The summed E-state index contributed by atoms with van der Waals surface area (Å²) >= 11 is 0. The van der Waals surface area contributed by atoms with E-state index in [1.165, 1.54) is 20.2 Å². The Bertz CT molecular complexity index is 360. The van der Waals surface area contributed by atoms with Crippen LogP contribution in [-0.4, -0.2) is 39.1 Å². The molecule has 1 aromatic rings. The first-order chi connectivity index (χ1) is 6.56. The number of nitrogens with zero attached hydrogens (tertiary/aromatic N) is 3. The van der Waals surface area contributed by atoms with Crippen molar-refractivity contribution >= 4 is 11.9 Å². The lowest BCUT2D eigenvalue weighted by atomic mass is 10.3. The number of carbonyl (C=O) groups is 2. The lowest BCUT2D eigenvalue weighted by molar-refractivity contribution is -0.140. The van der Waals surface area contributed by atoms with Crippen molar-refractivity contribution in [3.63, 3.8) is 0 Å². The molecule has 0 aromatic carbocycles. The molecule has 1 heterocycles. The third-order valence-corrected chi connectivity index (χ3v) is 1.66. The number of ether oxygens (including phenoxy) is 1. The minimum Gasteiger partial charge on any atom is -0.480 e. The van der Waals surface area contributed by atoms with Gasteiger partial charge in [0.25, 0.3) is 0 Å². The van der Waals surface area contributed by atoms with Crippen molar-refractivity contribution in [2.24, 2.45) is 0 Å². The predicted octanol–water partition coefficient (Wildman–Crippen LogP) is -0.290. The fourth-order valence-electron chi connectivity index (χ4n) is 0.777. The normalized spacial score (nSPS) is 12.1. The number of carbonyl (C=O) groups excluding carboxylic acids is 1. The molecule has 0 aliphatic rings. The van der Waals surface area contributed by atoms with Crippen LogP contribution < -0.4 is 0 Å². The summed E-state index contributed by atoms with van der Waals surface area (Å²) in [7, 11) is 1.21. The molecule has 1 rings (SSSR count). The maximum atomic E-state index is 10.9. The maximum absolute atomic E-state index is 10.9. The average Bonchev–Trinajstić information content (AvgIpc) is 2.64. The monoisotopic (exact) mass is 199 g/mol. The van der Waals surface area contributed by atoms with Gasteiger partial charge in [0.1, 0.15) is 6.04 Å². The molecule has 0 aliphatic heterocycles. The average molecular weight is 199 g/mol. The third-order valence-electron chi connectivity index (χ3n) is 1.66. The van der Waals surface area contributed by atoms with Gasteiger partial charge in [0.05, 0.1) is 13.3 Å². The fourth-order valence-corrected chi connectivity index (χ4v) is 0.777. The van der Waals surface area contributed by atoms with Gasteiger partial charge < -0.3 is 9.84 Å². The van der Waals surface area contributed by atoms with E-state index in [4.69, 9.17) is 5.11 Å². The molecule has 0 bridgehead atoms. The lowest BCUT2D eigenvalue weighted by Gasteiger charge is -2.03. The van der Waals surface area contributed by atoms with E-state index in [1.54, 1.807) is 0 Å². The predicted molar refractivity (Wildman–Crippen MR) is 43.7 cm³/mol. The van der Waals surface area contributed by atoms with Crippen molar-refractivity contribution in [1.29, 1.82) is 0 Å². The van der Waals surface area contributed by atoms with E-state index in [9.17, 15) is 9.59 Å². The quantitative estimate of drug-likeness (QED) is 0.672. The summed E-state index contributed by atoms with van der Waals surface area (Å²) in [6.07, 6.45) is 1.23. The Morgan fingerprint density at radius 1 is 1.64 bits per heavy atom. The summed E-state index contributed by atoms with van der Waals surface area (Å²) in [5, 5.41) is 15.6. The van der Waals surface area contributed by atoms with Crippen LogP contribution in [0.2, 0.25) is 0 Å². The highest BCUT2D eigenvalue weighted by atomic mass is 16.5. The zero-order chi connectivity index (χ0) is 10.7. The van der Waals surface area contributed by atoms with E-state index in [1.807, 2.05) is 0 Å². The van der Waals surface area contributed by atoms with Crippen molar-refractivity contribution < 1.29 is 19.4 Å². The Balaban J connectivity index is 2.88. The van der Waals surface area contributed by atoms with Gasteiger partial charge in [0, 0.05) is 0 Å². The van der Waals surface area contributed by atoms with Gasteiger partial charge in [-0.25, -0.2) is 14.3 Å². The van der Waals surface area contributed by atoms with Crippen molar-refractivity contribution in [3.05, 3.63) is 11.9 Å². The number of aliphatic carboxylic acids is 1. The molecule has 7 nitrogen and oxygen atoms in total. The SMILES string of the molecule is COC(=O)c1cn([C@@H](C)C(=O)O)nn1. The van der Waals surface area contributed by atoms with E-state index < -0.39 is 18.0 Å². The number of methoxy groups -OCH3 is 1. The highest BCUT2D eigenvalue weighted by Crippen LogP contribution is 2.04. The molecule has 0 fully saturated rings. The van der Waals surface area contributed by atoms with Gasteiger partial charge in [-0.05, 0) is 6.92 Å².